The van der Waals surface area contributed by atoms with Crippen LogP contribution in [-0.4, -0.2) is 67.9 Å². The number of rotatable bonds is 4. The van der Waals surface area contributed by atoms with E-state index in [9.17, 15) is 9.59 Å². The Labute approximate surface area is 162 Å². The number of amides is 2. The molecule has 0 radical (unpaired) electrons. The van der Waals surface area contributed by atoms with Gasteiger partial charge >= 0.3 is 0 Å². The lowest BCUT2D eigenvalue weighted by Gasteiger charge is -2.37. The summed E-state index contributed by atoms with van der Waals surface area (Å²) in [6, 6.07) is 3.74. The third kappa shape index (κ3) is 3.80. The van der Waals surface area contributed by atoms with Gasteiger partial charge in [0.25, 0.3) is 0 Å². The molecule has 2 aliphatic heterocycles. The van der Waals surface area contributed by atoms with Crippen molar-refractivity contribution in [2.24, 2.45) is 17.6 Å². The predicted molar refractivity (Wildman–Crippen MR) is 100 cm³/mol. The molecule has 2 aliphatic rings. The SMILES string of the molecule is NC(=O)C1CCN(C(=O)C2CCCN(c3ccc(-n4cncn4)nn3)C2)CC1. The van der Waals surface area contributed by atoms with E-state index in [1.165, 1.54) is 6.33 Å². The topological polar surface area (TPSA) is 123 Å². The van der Waals surface area contributed by atoms with E-state index in [2.05, 4.69) is 25.2 Å². The summed E-state index contributed by atoms with van der Waals surface area (Å²) in [4.78, 5) is 32.2. The van der Waals surface area contributed by atoms with Crippen molar-refractivity contribution >= 4 is 17.6 Å². The summed E-state index contributed by atoms with van der Waals surface area (Å²) >= 11 is 0. The molecule has 148 valence electrons. The molecule has 1 atom stereocenters. The van der Waals surface area contributed by atoms with Gasteiger partial charge in [-0.15, -0.1) is 10.2 Å². The fourth-order valence-electron chi connectivity index (χ4n) is 3.96. The third-order valence-electron chi connectivity index (χ3n) is 5.59. The first kappa shape index (κ1) is 18.3. The van der Waals surface area contributed by atoms with Gasteiger partial charge in [-0.25, -0.2) is 9.67 Å². The molecule has 0 spiro atoms. The van der Waals surface area contributed by atoms with E-state index in [1.54, 1.807) is 11.0 Å². The Morgan fingerprint density at radius 1 is 1.00 bits per heavy atom. The van der Waals surface area contributed by atoms with Crippen LogP contribution in [0.1, 0.15) is 25.7 Å². The van der Waals surface area contributed by atoms with Gasteiger partial charge in [0.15, 0.2) is 11.6 Å². The van der Waals surface area contributed by atoms with Gasteiger partial charge in [0.1, 0.15) is 12.7 Å². The van der Waals surface area contributed by atoms with Crippen molar-refractivity contribution in [1.82, 2.24) is 29.9 Å². The van der Waals surface area contributed by atoms with Gasteiger partial charge < -0.3 is 15.5 Å². The van der Waals surface area contributed by atoms with Crippen LogP contribution in [0, 0.1) is 11.8 Å². The van der Waals surface area contributed by atoms with Gasteiger partial charge in [0, 0.05) is 32.1 Å². The summed E-state index contributed by atoms with van der Waals surface area (Å²) in [6.07, 6.45) is 6.14. The van der Waals surface area contributed by atoms with Crippen LogP contribution in [0.2, 0.25) is 0 Å². The molecular weight excluding hydrogens is 360 g/mol. The molecule has 0 aliphatic carbocycles. The molecule has 2 aromatic heterocycles. The summed E-state index contributed by atoms with van der Waals surface area (Å²) in [7, 11) is 0. The molecule has 28 heavy (non-hydrogen) atoms. The number of nitrogens with zero attached hydrogens (tertiary/aromatic N) is 7. The second-order valence-corrected chi connectivity index (χ2v) is 7.38. The fourth-order valence-corrected chi connectivity index (χ4v) is 3.96. The van der Waals surface area contributed by atoms with Crippen molar-refractivity contribution < 1.29 is 9.59 Å². The number of aromatic nitrogens is 5. The smallest absolute Gasteiger partial charge is 0.227 e. The minimum atomic E-state index is -0.260. The molecule has 2 aromatic rings. The predicted octanol–water partition coefficient (Wildman–Crippen LogP) is -0.00240. The lowest BCUT2D eigenvalue weighted by atomic mass is 9.92. The van der Waals surface area contributed by atoms with Crippen LogP contribution in [0.15, 0.2) is 24.8 Å². The maximum absolute atomic E-state index is 12.9. The Bertz CT molecular complexity index is 815. The molecule has 10 heteroatoms. The molecule has 1 unspecified atom stereocenters. The monoisotopic (exact) mass is 384 g/mol. The summed E-state index contributed by atoms with van der Waals surface area (Å²) in [5.74, 6) is 1.10. The van der Waals surface area contributed by atoms with Gasteiger partial charge in [0.05, 0.1) is 5.92 Å². The number of hydrogen-bond donors (Lipinski definition) is 1. The molecular formula is C18H24N8O2. The molecule has 10 nitrogen and oxygen atoms in total. The molecule has 2 saturated heterocycles. The highest BCUT2D eigenvalue weighted by Crippen LogP contribution is 2.25. The Morgan fingerprint density at radius 2 is 1.75 bits per heavy atom. The van der Waals surface area contributed by atoms with E-state index in [0.29, 0.717) is 38.3 Å². The molecule has 0 aromatic carbocycles. The minimum Gasteiger partial charge on any atom is -0.369 e. The molecule has 2 amide bonds. The van der Waals surface area contributed by atoms with Crippen molar-refractivity contribution in [3.63, 3.8) is 0 Å². The van der Waals surface area contributed by atoms with E-state index >= 15 is 0 Å². The Hall–Kier alpha value is -3.04. The first-order valence-electron chi connectivity index (χ1n) is 9.63. The second kappa shape index (κ2) is 7.91. The lowest BCUT2D eigenvalue weighted by Crippen LogP contribution is -2.48. The number of likely N-dealkylation sites (tertiary alicyclic amines) is 1. The average molecular weight is 384 g/mol. The van der Waals surface area contributed by atoms with Crippen LogP contribution in [0.5, 0.6) is 0 Å². The van der Waals surface area contributed by atoms with Crippen molar-refractivity contribution in [2.45, 2.75) is 25.7 Å². The minimum absolute atomic E-state index is 0.0596. The summed E-state index contributed by atoms with van der Waals surface area (Å²) < 4.78 is 1.55. The molecule has 2 fully saturated rings. The van der Waals surface area contributed by atoms with E-state index in [-0.39, 0.29) is 23.7 Å². The first-order valence-corrected chi connectivity index (χ1v) is 9.63. The number of hydrogen-bond acceptors (Lipinski definition) is 7. The third-order valence-corrected chi connectivity index (χ3v) is 5.59. The maximum atomic E-state index is 12.9. The highest BCUT2D eigenvalue weighted by atomic mass is 16.2. The number of nitrogens with two attached hydrogens (primary N) is 1. The lowest BCUT2D eigenvalue weighted by molar-refractivity contribution is -0.138. The van der Waals surface area contributed by atoms with Gasteiger partial charge in [0.2, 0.25) is 11.8 Å². The van der Waals surface area contributed by atoms with Crippen LogP contribution in [0.3, 0.4) is 0 Å². The number of piperidine rings is 2. The van der Waals surface area contributed by atoms with E-state index < -0.39 is 0 Å². The van der Waals surface area contributed by atoms with Crippen molar-refractivity contribution in [3.05, 3.63) is 24.8 Å². The van der Waals surface area contributed by atoms with Crippen molar-refractivity contribution in [3.8, 4) is 5.82 Å². The summed E-state index contributed by atoms with van der Waals surface area (Å²) in [5.41, 5.74) is 5.38. The van der Waals surface area contributed by atoms with E-state index in [1.807, 2.05) is 17.0 Å². The van der Waals surface area contributed by atoms with Crippen LogP contribution >= 0.6 is 0 Å². The second-order valence-electron chi connectivity index (χ2n) is 7.38. The Kier molecular flexibility index (Phi) is 5.18. The van der Waals surface area contributed by atoms with Crippen LogP contribution in [0.25, 0.3) is 5.82 Å². The summed E-state index contributed by atoms with van der Waals surface area (Å²) in [5, 5.41) is 12.6. The zero-order chi connectivity index (χ0) is 19.5. The van der Waals surface area contributed by atoms with Crippen LogP contribution in [-0.2, 0) is 9.59 Å². The van der Waals surface area contributed by atoms with Gasteiger partial charge in [-0.2, -0.15) is 5.10 Å². The number of anilines is 1. The normalized spacial score (nSPS) is 20.9. The molecule has 0 bridgehead atoms. The Balaban J connectivity index is 1.38. The standard InChI is InChI=1S/C18H24N8O2/c19-17(27)13-5-8-24(9-6-13)18(28)14-2-1-7-25(10-14)15-3-4-16(23-22-15)26-12-20-11-21-26/h3-4,11-14H,1-2,5-10H2,(H2,19,27). The van der Waals surface area contributed by atoms with E-state index in [0.717, 1.165) is 25.2 Å². The van der Waals surface area contributed by atoms with Gasteiger partial charge in [-0.3, -0.25) is 9.59 Å². The highest BCUT2D eigenvalue weighted by molar-refractivity contribution is 5.81. The maximum Gasteiger partial charge on any atom is 0.227 e. The zero-order valence-corrected chi connectivity index (χ0v) is 15.6. The first-order chi connectivity index (χ1) is 13.6. The highest BCUT2D eigenvalue weighted by Gasteiger charge is 2.33. The number of primary amides is 1. The fraction of sp³-hybridized carbons (Fsp3) is 0.556. The average Bonchev–Trinajstić information content (AvgIpc) is 3.28. The number of carbonyl (C=O) groups is 2. The molecule has 4 rings (SSSR count). The Morgan fingerprint density at radius 3 is 2.39 bits per heavy atom. The molecule has 2 N–H and O–H groups in total. The largest absolute Gasteiger partial charge is 0.369 e. The van der Waals surface area contributed by atoms with E-state index in [4.69, 9.17) is 5.73 Å². The zero-order valence-electron chi connectivity index (χ0n) is 15.6. The van der Waals surface area contributed by atoms with Gasteiger partial charge in [-0.1, -0.05) is 0 Å². The van der Waals surface area contributed by atoms with Crippen LogP contribution in [0.4, 0.5) is 5.82 Å². The van der Waals surface area contributed by atoms with Crippen molar-refractivity contribution in [1.29, 1.82) is 0 Å². The van der Waals surface area contributed by atoms with Crippen molar-refractivity contribution in [2.75, 3.05) is 31.1 Å². The van der Waals surface area contributed by atoms with Crippen LogP contribution < -0.4 is 10.6 Å². The molecule has 4 heterocycles. The summed E-state index contributed by atoms with van der Waals surface area (Å²) in [6.45, 7) is 2.70. The molecule has 0 saturated carbocycles. The number of carbonyl (C=O) groups excluding carboxylic acids is 2. The van der Waals surface area contributed by atoms with Gasteiger partial charge in [-0.05, 0) is 37.8 Å². The quantitative estimate of drug-likeness (QED) is 0.787.